The predicted molar refractivity (Wildman–Crippen MR) is 67.1 cm³/mol. The number of rotatable bonds is 2. The molecule has 0 unspecified atom stereocenters. The van der Waals surface area contributed by atoms with Gasteiger partial charge in [-0.15, -0.1) is 0 Å². The van der Waals surface area contributed by atoms with Gasteiger partial charge >= 0.3 is 5.97 Å². The van der Waals surface area contributed by atoms with Crippen LogP contribution in [0.25, 0.3) is 0 Å². The number of aliphatic imine (C=N–C) groups is 1. The molecule has 0 fully saturated rings. The molecule has 0 heterocycles. The molecule has 100 valence electrons. The lowest BCUT2D eigenvalue weighted by Crippen LogP contribution is -2.13. The average molecular weight is 285 g/mol. The normalized spacial score (nSPS) is 10.8. The summed E-state index contributed by atoms with van der Waals surface area (Å²) in [7, 11) is 1.02. The Balaban J connectivity index is 3.32. The highest BCUT2D eigenvalue weighted by Gasteiger charge is 2.21. The molecule has 0 amide bonds. The van der Waals surface area contributed by atoms with E-state index in [2.05, 4.69) is 15.0 Å². The molecule has 1 N–H and O–H groups in total. The fraction of sp³-hybridized carbons (Fsp3) is 0.182. The van der Waals surface area contributed by atoms with Crippen LogP contribution in [0, 0.1) is 23.1 Å². The number of methoxy groups -OCH3 is 1. The number of amidine groups is 1. The summed E-state index contributed by atoms with van der Waals surface area (Å²) >= 11 is 1.06. The minimum absolute atomic E-state index is 0.115. The van der Waals surface area contributed by atoms with E-state index in [0.717, 1.165) is 31.0 Å². The van der Waals surface area contributed by atoms with Gasteiger partial charge in [0.1, 0.15) is 17.1 Å². The Morgan fingerprint density at radius 1 is 1.53 bits per heavy atom. The summed E-state index contributed by atoms with van der Waals surface area (Å²) in [5, 5.41) is 10.8. The van der Waals surface area contributed by atoms with Crippen molar-refractivity contribution in [1.29, 1.82) is 5.26 Å². The van der Waals surface area contributed by atoms with Crippen LogP contribution in [0.5, 0.6) is 0 Å². The van der Waals surface area contributed by atoms with Crippen molar-refractivity contribution < 1.29 is 18.3 Å². The zero-order valence-corrected chi connectivity index (χ0v) is 10.8. The Kier molecular flexibility index (Phi) is 5.26. The number of thioether (sulfide) groups is 1. The molecule has 0 radical (unpaired) electrons. The van der Waals surface area contributed by atoms with E-state index in [0.29, 0.717) is 0 Å². The minimum Gasteiger partial charge on any atom is -0.465 e. The molecule has 1 rings (SSSR count). The average Bonchev–Trinajstić information content (AvgIpc) is 2.40. The third-order valence-electron chi connectivity index (χ3n) is 2.04. The lowest BCUT2D eigenvalue weighted by atomic mass is 10.1. The van der Waals surface area contributed by atoms with Crippen LogP contribution in [0.3, 0.4) is 0 Å². The molecule has 0 aliphatic carbocycles. The van der Waals surface area contributed by atoms with Crippen LogP contribution < -0.4 is 5.32 Å². The highest BCUT2D eigenvalue weighted by atomic mass is 32.2. The van der Waals surface area contributed by atoms with Gasteiger partial charge in [-0.05, 0) is 18.4 Å². The Bertz CT molecular complexity index is 570. The second-order valence-electron chi connectivity index (χ2n) is 3.10. The van der Waals surface area contributed by atoms with Gasteiger partial charge in [-0.2, -0.15) is 5.26 Å². The zero-order valence-electron chi connectivity index (χ0n) is 10.0. The third-order valence-corrected chi connectivity index (χ3v) is 2.62. The summed E-state index contributed by atoms with van der Waals surface area (Å²) in [4.78, 5) is 15.0. The Hall–Kier alpha value is -2.14. The third kappa shape index (κ3) is 3.42. The number of esters is 1. The zero-order chi connectivity index (χ0) is 14.4. The Morgan fingerprint density at radius 2 is 2.21 bits per heavy atom. The van der Waals surface area contributed by atoms with Gasteiger partial charge in [-0.1, -0.05) is 11.8 Å². The highest BCUT2D eigenvalue weighted by molar-refractivity contribution is 8.13. The molecule has 0 saturated carbocycles. The monoisotopic (exact) mass is 285 g/mol. The maximum atomic E-state index is 13.9. The predicted octanol–water partition coefficient (Wildman–Crippen LogP) is 2.17. The van der Waals surface area contributed by atoms with E-state index in [1.807, 2.05) is 0 Å². The second kappa shape index (κ2) is 6.70. The van der Waals surface area contributed by atoms with Crippen molar-refractivity contribution in [1.82, 2.24) is 5.32 Å². The van der Waals surface area contributed by atoms with E-state index in [1.165, 1.54) is 0 Å². The number of ether oxygens (including phenoxy) is 1. The highest BCUT2D eigenvalue weighted by Crippen LogP contribution is 2.25. The molecule has 0 aromatic heterocycles. The van der Waals surface area contributed by atoms with Crippen molar-refractivity contribution in [2.24, 2.45) is 4.99 Å². The number of nitrogens with zero attached hydrogens (tertiary/aromatic N) is 2. The molecule has 5 nitrogen and oxygen atoms in total. The van der Waals surface area contributed by atoms with Crippen LogP contribution in [0.1, 0.15) is 10.4 Å². The first-order chi connectivity index (χ1) is 9.04. The number of halogens is 2. The maximum Gasteiger partial charge on any atom is 0.343 e. The SMILES string of the molecule is COC(=O)c1c(F)ccc(N=C(NC#N)SC)c1F. The Morgan fingerprint density at radius 3 is 2.74 bits per heavy atom. The molecule has 8 heteroatoms. The van der Waals surface area contributed by atoms with Gasteiger partial charge in [-0.3, -0.25) is 5.32 Å². The number of benzene rings is 1. The van der Waals surface area contributed by atoms with Crippen molar-refractivity contribution in [2.75, 3.05) is 13.4 Å². The van der Waals surface area contributed by atoms with Crippen molar-refractivity contribution in [3.63, 3.8) is 0 Å². The van der Waals surface area contributed by atoms with Crippen molar-refractivity contribution >= 4 is 28.6 Å². The smallest absolute Gasteiger partial charge is 0.343 e. The second-order valence-corrected chi connectivity index (χ2v) is 3.90. The summed E-state index contributed by atoms with van der Waals surface area (Å²) < 4.78 is 31.6. The number of hydrogen-bond acceptors (Lipinski definition) is 5. The first-order valence-corrected chi connectivity index (χ1v) is 6.11. The van der Waals surface area contributed by atoms with E-state index in [4.69, 9.17) is 5.26 Å². The molecule has 0 atom stereocenters. The van der Waals surface area contributed by atoms with Gasteiger partial charge in [0.2, 0.25) is 0 Å². The molecule has 1 aromatic carbocycles. The summed E-state index contributed by atoms with van der Waals surface area (Å²) in [6, 6.07) is 1.96. The maximum absolute atomic E-state index is 13.9. The largest absolute Gasteiger partial charge is 0.465 e. The molecule has 0 bridgehead atoms. The number of nitriles is 1. The quantitative estimate of drug-likeness (QED) is 0.296. The van der Waals surface area contributed by atoms with E-state index >= 15 is 0 Å². The van der Waals surface area contributed by atoms with Gasteiger partial charge < -0.3 is 4.74 Å². The summed E-state index contributed by atoms with van der Waals surface area (Å²) in [5.74, 6) is -3.31. The van der Waals surface area contributed by atoms with Crippen molar-refractivity contribution in [3.8, 4) is 6.19 Å². The number of nitrogens with one attached hydrogen (secondary N) is 1. The van der Waals surface area contributed by atoms with Crippen LogP contribution in [0.15, 0.2) is 17.1 Å². The van der Waals surface area contributed by atoms with Crippen LogP contribution >= 0.6 is 11.8 Å². The van der Waals surface area contributed by atoms with E-state index < -0.39 is 23.2 Å². The van der Waals surface area contributed by atoms with Crippen LogP contribution in [-0.2, 0) is 4.74 Å². The summed E-state index contributed by atoms with van der Waals surface area (Å²) in [5.41, 5.74) is -1.09. The first-order valence-electron chi connectivity index (χ1n) is 4.89. The summed E-state index contributed by atoms with van der Waals surface area (Å²) in [6.07, 6.45) is 3.25. The lowest BCUT2D eigenvalue weighted by Gasteiger charge is -2.06. The van der Waals surface area contributed by atoms with E-state index in [-0.39, 0.29) is 10.9 Å². The standard InChI is InChI=1S/C11H9F2N3O2S/c1-18-10(17)8-6(12)3-4-7(9(8)13)16-11(19-2)15-5-14/h3-4H,1-2H3,(H,15,16). The van der Waals surface area contributed by atoms with Gasteiger partial charge in [0.25, 0.3) is 0 Å². The van der Waals surface area contributed by atoms with Gasteiger partial charge in [0.15, 0.2) is 17.2 Å². The van der Waals surface area contributed by atoms with E-state index in [9.17, 15) is 13.6 Å². The van der Waals surface area contributed by atoms with Gasteiger partial charge in [0, 0.05) is 0 Å². The Labute approximate surface area is 112 Å². The molecular weight excluding hydrogens is 276 g/mol. The van der Waals surface area contributed by atoms with Crippen molar-refractivity contribution in [3.05, 3.63) is 29.3 Å². The molecule has 0 spiro atoms. The fourth-order valence-electron chi connectivity index (χ4n) is 1.20. The fourth-order valence-corrected chi connectivity index (χ4v) is 1.54. The summed E-state index contributed by atoms with van der Waals surface area (Å²) in [6.45, 7) is 0. The first kappa shape index (κ1) is 14.9. The molecule has 0 aliphatic rings. The molecule has 1 aromatic rings. The molecule has 19 heavy (non-hydrogen) atoms. The number of hydrogen-bond donors (Lipinski definition) is 1. The van der Waals surface area contributed by atoms with E-state index in [1.54, 1.807) is 12.4 Å². The number of carbonyl (C=O) groups is 1. The van der Waals surface area contributed by atoms with Crippen molar-refractivity contribution in [2.45, 2.75) is 0 Å². The van der Waals surface area contributed by atoms with Crippen LogP contribution in [0.4, 0.5) is 14.5 Å². The minimum atomic E-state index is -1.14. The molecule has 0 saturated heterocycles. The molecule has 0 aliphatic heterocycles. The lowest BCUT2D eigenvalue weighted by molar-refractivity contribution is 0.0590. The van der Waals surface area contributed by atoms with Crippen LogP contribution in [-0.4, -0.2) is 24.5 Å². The number of carbonyl (C=O) groups excluding carboxylic acids is 1. The van der Waals surface area contributed by atoms with Gasteiger partial charge in [-0.25, -0.2) is 18.6 Å². The molecular formula is C11H9F2N3O2S. The van der Waals surface area contributed by atoms with Gasteiger partial charge in [0.05, 0.1) is 7.11 Å². The van der Waals surface area contributed by atoms with Crippen LogP contribution in [0.2, 0.25) is 0 Å². The topological polar surface area (TPSA) is 74.5 Å².